The second-order valence-corrected chi connectivity index (χ2v) is 5.28. The van der Waals surface area contributed by atoms with Gasteiger partial charge in [0.2, 0.25) is 0 Å². The lowest BCUT2D eigenvalue weighted by Crippen LogP contribution is -2.28. The number of aromatic nitrogens is 2. The van der Waals surface area contributed by atoms with Crippen LogP contribution in [0.1, 0.15) is 42.5 Å². The van der Waals surface area contributed by atoms with E-state index >= 15 is 0 Å². The van der Waals surface area contributed by atoms with Crippen molar-refractivity contribution in [2.75, 3.05) is 0 Å². The third kappa shape index (κ3) is 3.92. The van der Waals surface area contributed by atoms with Crippen LogP contribution in [0.5, 0.6) is 0 Å². The van der Waals surface area contributed by atoms with Gasteiger partial charge in [-0.15, -0.1) is 0 Å². The van der Waals surface area contributed by atoms with Crippen molar-refractivity contribution < 1.29 is 0 Å². The Morgan fingerprint density at radius 2 is 2.25 bits per heavy atom. The lowest BCUT2D eigenvalue weighted by atomic mass is 10.0. The van der Waals surface area contributed by atoms with Gasteiger partial charge in [0.1, 0.15) is 0 Å². The number of rotatable bonds is 7. The first-order valence-electron chi connectivity index (χ1n) is 7.27. The van der Waals surface area contributed by atoms with Crippen molar-refractivity contribution in [3.8, 4) is 0 Å². The van der Waals surface area contributed by atoms with E-state index in [0.717, 1.165) is 31.4 Å². The van der Waals surface area contributed by atoms with E-state index in [2.05, 4.69) is 54.8 Å². The van der Waals surface area contributed by atoms with Crippen molar-refractivity contribution in [2.24, 2.45) is 5.84 Å². The fourth-order valence-corrected chi connectivity index (χ4v) is 2.44. The van der Waals surface area contributed by atoms with E-state index < -0.39 is 0 Å². The summed E-state index contributed by atoms with van der Waals surface area (Å²) in [5.74, 6) is 5.70. The highest BCUT2D eigenvalue weighted by molar-refractivity contribution is 5.22. The maximum absolute atomic E-state index is 5.70. The van der Waals surface area contributed by atoms with Crippen LogP contribution in [0.15, 0.2) is 36.7 Å². The van der Waals surface area contributed by atoms with E-state index in [4.69, 9.17) is 5.84 Å². The lowest BCUT2D eigenvalue weighted by Gasteiger charge is -2.14. The van der Waals surface area contributed by atoms with Crippen LogP contribution < -0.4 is 11.3 Å². The van der Waals surface area contributed by atoms with Crippen molar-refractivity contribution in [3.63, 3.8) is 0 Å². The molecule has 2 rings (SSSR count). The van der Waals surface area contributed by atoms with Gasteiger partial charge in [-0.1, -0.05) is 36.8 Å². The molecule has 4 heteroatoms. The smallest absolute Gasteiger partial charge is 0.0538 e. The number of benzene rings is 1. The van der Waals surface area contributed by atoms with Crippen LogP contribution in [0.25, 0.3) is 0 Å². The highest BCUT2D eigenvalue weighted by Crippen LogP contribution is 2.18. The SMILES string of the molecule is CCCn1cc(C(CCc2cccc(C)c2)NN)cn1. The molecule has 0 saturated carbocycles. The molecular formula is C16H24N4. The van der Waals surface area contributed by atoms with Crippen LogP contribution >= 0.6 is 0 Å². The summed E-state index contributed by atoms with van der Waals surface area (Å²) in [6.45, 7) is 5.23. The molecule has 108 valence electrons. The quantitative estimate of drug-likeness (QED) is 0.602. The average Bonchev–Trinajstić information content (AvgIpc) is 2.89. The van der Waals surface area contributed by atoms with Gasteiger partial charge in [0.25, 0.3) is 0 Å². The monoisotopic (exact) mass is 272 g/mol. The number of hydrazine groups is 1. The summed E-state index contributed by atoms with van der Waals surface area (Å²) in [5.41, 5.74) is 6.72. The van der Waals surface area contributed by atoms with Gasteiger partial charge in [-0.05, 0) is 31.7 Å². The van der Waals surface area contributed by atoms with Gasteiger partial charge in [0, 0.05) is 24.3 Å². The molecule has 1 aromatic heterocycles. The highest BCUT2D eigenvalue weighted by Gasteiger charge is 2.12. The summed E-state index contributed by atoms with van der Waals surface area (Å²) < 4.78 is 1.98. The first-order valence-corrected chi connectivity index (χ1v) is 7.27. The van der Waals surface area contributed by atoms with E-state index in [0.29, 0.717) is 0 Å². The minimum atomic E-state index is 0.154. The van der Waals surface area contributed by atoms with Crippen LogP contribution in [-0.2, 0) is 13.0 Å². The fourth-order valence-electron chi connectivity index (χ4n) is 2.44. The van der Waals surface area contributed by atoms with Crippen molar-refractivity contribution in [3.05, 3.63) is 53.3 Å². The molecule has 1 unspecified atom stereocenters. The number of hydrogen-bond acceptors (Lipinski definition) is 3. The van der Waals surface area contributed by atoms with Gasteiger partial charge in [-0.25, -0.2) is 0 Å². The predicted octanol–water partition coefficient (Wildman–Crippen LogP) is 2.74. The summed E-state index contributed by atoms with van der Waals surface area (Å²) in [7, 11) is 0. The van der Waals surface area contributed by atoms with E-state index in [1.807, 2.05) is 10.9 Å². The van der Waals surface area contributed by atoms with Gasteiger partial charge in [0.05, 0.1) is 6.20 Å². The predicted molar refractivity (Wildman–Crippen MR) is 82.1 cm³/mol. The Balaban J connectivity index is 1.97. The molecule has 1 heterocycles. The van der Waals surface area contributed by atoms with Gasteiger partial charge in [-0.3, -0.25) is 16.0 Å². The minimum absolute atomic E-state index is 0.154. The highest BCUT2D eigenvalue weighted by atomic mass is 15.3. The van der Waals surface area contributed by atoms with Gasteiger partial charge in [-0.2, -0.15) is 5.10 Å². The Labute approximate surface area is 121 Å². The van der Waals surface area contributed by atoms with Crippen molar-refractivity contribution in [1.82, 2.24) is 15.2 Å². The second-order valence-electron chi connectivity index (χ2n) is 5.28. The Morgan fingerprint density at radius 3 is 2.95 bits per heavy atom. The zero-order valence-electron chi connectivity index (χ0n) is 12.3. The summed E-state index contributed by atoms with van der Waals surface area (Å²) in [4.78, 5) is 0. The second kappa shape index (κ2) is 7.22. The molecule has 3 N–H and O–H groups in total. The van der Waals surface area contributed by atoms with E-state index in [-0.39, 0.29) is 6.04 Å². The maximum atomic E-state index is 5.70. The molecule has 0 bridgehead atoms. The molecule has 1 aromatic carbocycles. The van der Waals surface area contributed by atoms with Crippen LogP contribution in [-0.4, -0.2) is 9.78 Å². The molecule has 0 aliphatic heterocycles. The third-order valence-electron chi connectivity index (χ3n) is 3.51. The molecule has 0 saturated heterocycles. The molecule has 20 heavy (non-hydrogen) atoms. The third-order valence-corrected chi connectivity index (χ3v) is 3.51. The normalized spacial score (nSPS) is 12.6. The molecule has 0 spiro atoms. The van der Waals surface area contributed by atoms with Crippen LogP contribution in [0.3, 0.4) is 0 Å². The maximum Gasteiger partial charge on any atom is 0.0538 e. The first kappa shape index (κ1) is 14.8. The minimum Gasteiger partial charge on any atom is -0.272 e. The first-order chi connectivity index (χ1) is 9.72. The number of hydrogen-bond donors (Lipinski definition) is 2. The average molecular weight is 272 g/mol. The van der Waals surface area contributed by atoms with E-state index in [9.17, 15) is 0 Å². The summed E-state index contributed by atoms with van der Waals surface area (Å²) in [6.07, 6.45) is 7.07. The van der Waals surface area contributed by atoms with Gasteiger partial charge in [0.15, 0.2) is 0 Å². The Hall–Kier alpha value is -1.65. The molecule has 0 fully saturated rings. The van der Waals surface area contributed by atoms with Gasteiger partial charge >= 0.3 is 0 Å². The van der Waals surface area contributed by atoms with Crippen molar-refractivity contribution in [2.45, 2.75) is 45.7 Å². The van der Waals surface area contributed by atoms with Crippen LogP contribution in [0.4, 0.5) is 0 Å². The topological polar surface area (TPSA) is 55.9 Å². The van der Waals surface area contributed by atoms with E-state index in [1.165, 1.54) is 11.1 Å². The number of nitrogens with two attached hydrogens (primary N) is 1. The van der Waals surface area contributed by atoms with Crippen molar-refractivity contribution >= 4 is 0 Å². The summed E-state index contributed by atoms with van der Waals surface area (Å²) in [6, 6.07) is 8.78. The summed E-state index contributed by atoms with van der Waals surface area (Å²) in [5, 5.41) is 4.36. The number of nitrogens with one attached hydrogen (secondary N) is 1. The molecule has 0 amide bonds. The van der Waals surface area contributed by atoms with Crippen LogP contribution in [0.2, 0.25) is 0 Å². The molecule has 1 atom stereocenters. The van der Waals surface area contributed by atoms with Crippen LogP contribution in [0, 0.1) is 6.92 Å². The van der Waals surface area contributed by atoms with Gasteiger partial charge < -0.3 is 0 Å². The Kier molecular flexibility index (Phi) is 5.32. The number of nitrogens with zero attached hydrogens (tertiary/aromatic N) is 2. The standard InChI is InChI=1S/C16H24N4/c1-3-9-20-12-15(11-18-20)16(19-17)8-7-14-6-4-5-13(2)10-14/h4-6,10-12,16,19H,3,7-9,17H2,1-2H3. The molecule has 0 aliphatic carbocycles. The molecule has 2 aromatic rings. The number of aryl methyl sites for hydroxylation is 3. The Bertz CT molecular complexity index is 533. The Morgan fingerprint density at radius 1 is 1.40 bits per heavy atom. The molecule has 0 aliphatic rings. The molecule has 0 radical (unpaired) electrons. The van der Waals surface area contributed by atoms with Crippen molar-refractivity contribution in [1.29, 1.82) is 0 Å². The zero-order valence-corrected chi connectivity index (χ0v) is 12.3. The van der Waals surface area contributed by atoms with E-state index in [1.54, 1.807) is 0 Å². The fraction of sp³-hybridized carbons (Fsp3) is 0.438. The largest absolute Gasteiger partial charge is 0.272 e. The zero-order chi connectivity index (χ0) is 14.4. The molecule has 4 nitrogen and oxygen atoms in total. The summed E-state index contributed by atoms with van der Waals surface area (Å²) >= 11 is 0. The molecular weight excluding hydrogens is 248 g/mol. The lowest BCUT2D eigenvalue weighted by molar-refractivity contribution is 0.514.